The molecule has 0 spiro atoms. The molecule has 1 N–H and O–H groups in total. The minimum Gasteiger partial charge on any atom is -0.295 e. The molecule has 0 fully saturated rings. The zero-order chi connectivity index (χ0) is 16.8. The molecular formula is C15H14FN3O3S. The highest BCUT2D eigenvalue weighted by Crippen LogP contribution is 2.21. The number of sulfonamides is 1. The number of aryl methyl sites for hydroxylation is 2. The Bertz CT molecular complexity index is 1050. The van der Waals surface area contributed by atoms with E-state index < -0.39 is 15.8 Å². The fraction of sp³-hybridized carbons (Fsp3) is 0.133. The molecule has 0 saturated heterocycles. The number of fused-ring (bicyclic) bond motifs is 1. The first kappa shape index (κ1) is 15.3. The number of hydrogen-bond acceptors (Lipinski definition) is 3. The largest absolute Gasteiger partial charge is 0.328 e. The smallest absolute Gasteiger partial charge is 0.295 e. The molecule has 0 saturated carbocycles. The van der Waals surface area contributed by atoms with Gasteiger partial charge in [0.05, 0.1) is 21.6 Å². The number of halogens is 1. The van der Waals surface area contributed by atoms with E-state index in [1.165, 1.54) is 21.3 Å². The molecule has 2 aromatic carbocycles. The third-order valence-electron chi connectivity index (χ3n) is 3.65. The first-order valence-corrected chi connectivity index (χ1v) is 8.22. The van der Waals surface area contributed by atoms with E-state index >= 15 is 0 Å². The average molecular weight is 335 g/mol. The number of aromatic nitrogens is 2. The van der Waals surface area contributed by atoms with E-state index in [9.17, 15) is 17.6 Å². The van der Waals surface area contributed by atoms with Crippen LogP contribution in [-0.2, 0) is 24.1 Å². The van der Waals surface area contributed by atoms with Crippen LogP contribution in [-0.4, -0.2) is 17.6 Å². The van der Waals surface area contributed by atoms with Crippen LogP contribution in [0.1, 0.15) is 0 Å². The summed E-state index contributed by atoms with van der Waals surface area (Å²) in [5.41, 5.74) is 1.43. The van der Waals surface area contributed by atoms with Crippen LogP contribution in [0.25, 0.3) is 11.0 Å². The fourth-order valence-electron chi connectivity index (χ4n) is 2.40. The molecule has 120 valence electrons. The molecule has 0 aliphatic carbocycles. The van der Waals surface area contributed by atoms with E-state index in [-0.39, 0.29) is 10.6 Å². The quantitative estimate of drug-likeness (QED) is 0.793. The number of nitrogens with one attached hydrogen (secondary N) is 1. The second-order valence-electron chi connectivity index (χ2n) is 5.16. The Kier molecular flexibility index (Phi) is 3.48. The van der Waals surface area contributed by atoms with Crippen LogP contribution in [0.5, 0.6) is 0 Å². The van der Waals surface area contributed by atoms with Crippen molar-refractivity contribution >= 4 is 26.7 Å². The van der Waals surface area contributed by atoms with Gasteiger partial charge in [0.2, 0.25) is 0 Å². The van der Waals surface area contributed by atoms with Gasteiger partial charge in [-0.05, 0) is 42.5 Å². The van der Waals surface area contributed by atoms with E-state index in [4.69, 9.17) is 0 Å². The molecule has 0 atom stereocenters. The summed E-state index contributed by atoms with van der Waals surface area (Å²) in [4.78, 5) is 11.8. The molecular weight excluding hydrogens is 321 g/mol. The van der Waals surface area contributed by atoms with Gasteiger partial charge in [0.25, 0.3) is 10.0 Å². The Balaban J connectivity index is 2.03. The van der Waals surface area contributed by atoms with Crippen molar-refractivity contribution in [3.05, 3.63) is 58.8 Å². The molecule has 1 aromatic heterocycles. The molecule has 0 aliphatic heterocycles. The summed E-state index contributed by atoms with van der Waals surface area (Å²) in [6, 6.07) is 9.36. The summed E-state index contributed by atoms with van der Waals surface area (Å²) in [6.07, 6.45) is 0. The Morgan fingerprint density at radius 2 is 1.57 bits per heavy atom. The maximum absolute atomic E-state index is 12.9. The first-order chi connectivity index (χ1) is 10.8. The van der Waals surface area contributed by atoms with E-state index in [1.807, 2.05) is 0 Å². The van der Waals surface area contributed by atoms with Crippen molar-refractivity contribution in [1.82, 2.24) is 9.13 Å². The molecule has 0 aliphatic rings. The van der Waals surface area contributed by atoms with Crippen LogP contribution in [0.2, 0.25) is 0 Å². The molecule has 3 rings (SSSR count). The second-order valence-corrected chi connectivity index (χ2v) is 6.85. The number of hydrogen-bond donors (Lipinski definition) is 1. The lowest BCUT2D eigenvalue weighted by molar-refractivity contribution is 0.599. The topological polar surface area (TPSA) is 73.1 Å². The van der Waals surface area contributed by atoms with Crippen molar-refractivity contribution < 1.29 is 12.8 Å². The molecule has 3 aromatic rings. The summed E-state index contributed by atoms with van der Waals surface area (Å²) in [7, 11) is -0.566. The monoisotopic (exact) mass is 335 g/mol. The Morgan fingerprint density at radius 3 is 2.22 bits per heavy atom. The lowest BCUT2D eigenvalue weighted by Crippen LogP contribution is -2.19. The number of imidazole rings is 1. The van der Waals surface area contributed by atoms with Crippen molar-refractivity contribution in [2.24, 2.45) is 14.1 Å². The van der Waals surface area contributed by atoms with Crippen molar-refractivity contribution in [3.8, 4) is 0 Å². The van der Waals surface area contributed by atoms with Gasteiger partial charge < -0.3 is 0 Å². The Hall–Kier alpha value is -2.61. The van der Waals surface area contributed by atoms with Crippen LogP contribution in [0.4, 0.5) is 10.1 Å². The molecule has 1 heterocycles. The third-order valence-corrected chi connectivity index (χ3v) is 5.05. The number of rotatable bonds is 3. The zero-order valence-electron chi connectivity index (χ0n) is 12.4. The molecule has 23 heavy (non-hydrogen) atoms. The van der Waals surface area contributed by atoms with Gasteiger partial charge in [-0.3, -0.25) is 13.9 Å². The lowest BCUT2D eigenvalue weighted by atomic mass is 10.3. The van der Waals surface area contributed by atoms with Crippen LogP contribution >= 0.6 is 0 Å². The standard InChI is InChI=1S/C15H14FN3O3S/c1-18-13-8-5-11(9-14(13)19(2)15(18)20)17-23(21,22)12-6-3-10(16)4-7-12/h3-9,17H,1-2H3. The maximum atomic E-state index is 12.9. The van der Waals surface area contributed by atoms with Crippen molar-refractivity contribution in [1.29, 1.82) is 0 Å². The predicted molar refractivity (Wildman–Crippen MR) is 85.4 cm³/mol. The van der Waals surface area contributed by atoms with Gasteiger partial charge in [-0.1, -0.05) is 0 Å². The fourth-order valence-corrected chi connectivity index (χ4v) is 3.45. The van der Waals surface area contributed by atoms with Gasteiger partial charge in [-0.15, -0.1) is 0 Å². The Morgan fingerprint density at radius 1 is 0.957 bits per heavy atom. The van der Waals surface area contributed by atoms with Crippen LogP contribution < -0.4 is 10.4 Å². The summed E-state index contributed by atoms with van der Waals surface area (Å²) < 4.78 is 42.9. The van der Waals surface area contributed by atoms with Gasteiger partial charge in [0.1, 0.15) is 5.82 Å². The zero-order valence-corrected chi connectivity index (χ0v) is 13.3. The summed E-state index contributed by atoms with van der Waals surface area (Å²) >= 11 is 0. The second kappa shape index (κ2) is 5.24. The Labute approximate surface area is 131 Å². The average Bonchev–Trinajstić information content (AvgIpc) is 2.72. The maximum Gasteiger partial charge on any atom is 0.328 e. The number of nitrogens with zero attached hydrogens (tertiary/aromatic N) is 2. The number of anilines is 1. The highest BCUT2D eigenvalue weighted by molar-refractivity contribution is 7.92. The van der Waals surface area contributed by atoms with Crippen molar-refractivity contribution in [2.45, 2.75) is 4.90 Å². The predicted octanol–water partition coefficient (Wildman–Crippen LogP) is 1.82. The lowest BCUT2D eigenvalue weighted by Gasteiger charge is -2.08. The SMILES string of the molecule is Cn1c(=O)n(C)c2cc(NS(=O)(=O)c3ccc(F)cc3)ccc21. The first-order valence-electron chi connectivity index (χ1n) is 6.73. The molecule has 0 radical (unpaired) electrons. The van der Waals surface area contributed by atoms with E-state index in [0.29, 0.717) is 16.7 Å². The highest BCUT2D eigenvalue weighted by Gasteiger charge is 2.15. The highest BCUT2D eigenvalue weighted by atomic mass is 32.2. The molecule has 8 heteroatoms. The van der Waals surface area contributed by atoms with E-state index in [1.54, 1.807) is 32.3 Å². The van der Waals surface area contributed by atoms with Crippen LogP contribution in [0.3, 0.4) is 0 Å². The summed E-state index contributed by atoms with van der Waals surface area (Å²) in [5.74, 6) is -0.510. The normalized spacial score (nSPS) is 11.8. The molecule has 0 bridgehead atoms. The van der Waals surface area contributed by atoms with Gasteiger partial charge in [0.15, 0.2) is 0 Å². The van der Waals surface area contributed by atoms with Crippen molar-refractivity contribution in [2.75, 3.05) is 4.72 Å². The minimum atomic E-state index is -3.83. The summed E-state index contributed by atoms with van der Waals surface area (Å²) in [5, 5.41) is 0. The molecule has 6 nitrogen and oxygen atoms in total. The van der Waals surface area contributed by atoms with Gasteiger partial charge in [-0.25, -0.2) is 17.6 Å². The van der Waals surface area contributed by atoms with Crippen LogP contribution in [0.15, 0.2) is 52.2 Å². The molecule has 0 unspecified atom stereocenters. The van der Waals surface area contributed by atoms with Gasteiger partial charge in [-0.2, -0.15) is 0 Å². The number of benzene rings is 2. The summed E-state index contributed by atoms with van der Waals surface area (Å²) in [6.45, 7) is 0. The third kappa shape index (κ3) is 2.61. The van der Waals surface area contributed by atoms with Gasteiger partial charge in [0, 0.05) is 14.1 Å². The van der Waals surface area contributed by atoms with Crippen LogP contribution in [0, 0.1) is 5.82 Å². The van der Waals surface area contributed by atoms with E-state index in [2.05, 4.69) is 4.72 Å². The molecule has 0 amide bonds. The van der Waals surface area contributed by atoms with E-state index in [0.717, 1.165) is 12.1 Å². The van der Waals surface area contributed by atoms with Crippen molar-refractivity contribution in [3.63, 3.8) is 0 Å². The minimum absolute atomic E-state index is 0.0408. The van der Waals surface area contributed by atoms with Gasteiger partial charge >= 0.3 is 5.69 Å².